The number of carboxylic acid groups (broad SMARTS) is 1. The molecule has 1 aromatic carbocycles. The summed E-state index contributed by atoms with van der Waals surface area (Å²) >= 11 is 0. The highest BCUT2D eigenvalue weighted by Gasteiger charge is 2.25. The summed E-state index contributed by atoms with van der Waals surface area (Å²) in [6.45, 7) is 3.74. The maximum Gasteiger partial charge on any atom is 0.326 e. The molecule has 1 amide bonds. The Balaban J connectivity index is 2.69. The van der Waals surface area contributed by atoms with Crippen molar-refractivity contribution < 1.29 is 19.8 Å². The predicted octanol–water partition coefficient (Wildman–Crippen LogP) is 1.34. The Labute approximate surface area is 112 Å². The number of hydrogen-bond acceptors (Lipinski definition) is 3. The van der Waals surface area contributed by atoms with Crippen molar-refractivity contribution in [2.45, 2.75) is 32.4 Å². The number of hydrogen-bond donors (Lipinski definition) is 3. The molecule has 2 atom stereocenters. The second-order valence-corrected chi connectivity index (χ2v) is 4.84. The minimum absolute atomic E-state index is 0.135. The summed E-state index contributed by atoms with van der Waals surface area (Å²) in [7, 11) is 0. The number of benzene rings is 1. The lowest BCUT2D eigenvalue weighted by Gasteiger charge is -2.18. The third-order valence-electron chi connectivity index (χ3n) is 2.69. The highest BCUT2D eigenvalue weighted by Crippen LogP contribution is 2.13. The molecule has 0 spiro atoms. The summed E-state index contributed by atoms with van der Waals surface area (Å²) in [5, 5.41) is 21.2. The summed E-state index contributed by atoms with van der Waals surface area (Å²) in [5.74, 6) is -1.66. The van der Waals surface area contributed by atoms with Gasteiger partial charge in [0.15, 0.2) is 6.10 Å². The minimum Gasteiger partial charge on any atom is -0.480 e. The first-order valence-electron chi connectivity index (χ1n) is 6.18. The van der Waals surface area contributed by atoms with Gasteiger partial charge in [0.2, 0.25) is 0 Å². The number of nitrogens with one attached hydrogen (secondary N) is 1. The maximum absolute atomic E-state index is 11.8. The van der Waals surface area contributed by atoms with Crippen LogP contribution in [0.2, 0.25) is 0 Å². The van der Waals surface area contributed by atoms with Crippen LogP contribution in [0.15, 0.2) is 30.3 Å². The Hall–Kier alpha value is -1.88. The highest BCUT2D eigenvalue weighted by atomic mass is 16.4. The number of aliphatic hydroxyl groups excluding tert-OH is 1. The molecule has 0 bridgehead atoms. The molecule has 1 rings (SSSR count). The second-order valence-electron chi connectivity index (χ2n) is 4.84. The summed E-state index contributed by atoms with van der Waals surface area (Å²) in [5.41, 5.74) is 0.439. The van der Waals surface area contributed by atoms with Crippen LogP contribution in [-0.4, -0.2) is 28.1 Å². The van der Waals surface area contributed by atoms with Crippen LogP contribution >= 0.6 is 0 Å². The van der Waals surface area contributed by atoms with Crippen LogP contribution < -0.4 is 5.32 Å². The van der Waals surface area contributed by atoms with E-state index < -0.39 is 24.0 Å². The lowest BCUT2D eigenvalue weighted by Crippen LogP contribution is -2.43. The highest BCUT2D eigenvalue weighted by molar-refractivity contribution is 5.86. The van der Waals surface area contributed by atoms with Crippen LogP contribution in [0.4, 0.5) is 0 Å². The Morgan fingerprint density at radius 2 is 1.79 bits per heavy atom. The third-order valence-corrected chi connectivity index (χ3v) is 2.69. The lowest BCUT2D eigenvalue weighted by atomic mass is 10.0. The fourth-order valence-electron chi connectivity index (χ4n) is 1.73. The number of amides is 1. The van der Waals surface area contributed by atoms with E-state index in [0.29, 0.717) is 12.0 Å². The van der Waals surface area contributed by atoms with Crippen LogP contribution in [0.25, 0.3) is 0 Å². The average Bonchev–Trinajstić information content (AvgIpc) is 2.37. The fraction of sp³-hybridized carbons (Fsp3) is 0.429. The Morgan fingerprint density at radius 3 is 2.26 bits per heavy atom. The zero-order valence-electron chi connectivity index (χ0n) is 11.0. The number of rotatable bonds is 6. The molecule has 0 aliphatic heterocycles. The summed E-state index contributed by atoms with van der Waals surface area (Å²) < 4.78 is 0. The van der Waals surface area contributed by atoms with Crippen LogP contribution in [0.1, 0.15) is 31.9 Å². The standard InChI is InChI=1S/C14H19NO4/c1-9(2)8-11(14(18)19)15-13(17)12(16)10-6-4-3-5-7-10/h3-7,9,11-12,16H,8H2,1-2H3,(H,15,17)(H,18,19)/t11-,12?/m0/s1. The van der Waals surface area contributed by atoms with E-state index in [1.165, 1.54) is 0 Å². The van der Waals surface area contributed by atoms with Gasteiger partial charge in [0, 0.05) is 0 Å². The quantitative estimate of drug-likeness (QED) is 0.724. The molecule has 5 nitrogen and oxygen atoms in total. The minimum atomic E-state index is -1.35. The summed E-state index contributed by atoms with van der Waals surface area (Å²) in [6.07, 6.45) is -1.03. The zero-order valence-corrected chi connectivity index (χ0v) is 11.0. The van der Waals surface area contributed by atoms with Crippen molar-refractivity contribution in [3.05, 3.63) is 35.9 Å². The maximum atomic E-state index is 11.8. The topological polar surface area (TPSA) is 86.6 Å². The van der Waals surface area contributed by atoms with Crippen molar-refractivity contribution >= 4 is 11.9 Å². The SMILES string of the molecule is CC(C)C[C@H](NC(=O)C(O)c1ccccc1)C(=O)O. The molecule has 0 radical (unpaired) electrons. The van der Waals surface area contributed by atoms with E-state index in [1.54, 1.807) is 30.3 Å². The summed E-state index contributed by atoms with van der Waals surface area (Å²) in [4.78, 5) is 22.8. The van der Waals surface area contributed by atoms with Gasteiger partial charge in [0.25, 0.3) is 5.91 Å². The third kappa shape index (κ3) is 4.71. The molecule has 0 aliphatic rings. The Morgan fingerprint density at radius 1 is 1.21 bits per heavy atom. The summed E-state index contributed by atoms with van der Waals surface area (Å²) in [6, 6.07) is 7.42. The van der Waals surface area contributed by atoms with Crippen molar-refractivity contribution in [1.82, 2.24) is 5.32 Å². The molecule has 0 aromatic heterocycles. The normalized spacial score (nSPS) is 13.9. The van der Waals surface area contributed by atoms with E-state index in [4.69, 9.17) is 5.11 Å². The van der Waals surface area contributed by atoms with Gasteiger partial charge >= 0.3 is 5.97 Å². The number of aliphatic hydroxyl groups is 1. The zero-order chi connectivity index (χ0) is 14.4. The van der Waals surface area contributed by atoms with Crippen LogP contribution in [-0.2, 0) is 9.59 Å². The van der Waals surface area contributed by atoms with Crippen molar-refractivity contribution in [2.75, 3.05) is 0 Å². The largest absolute Gasteiger partial charge is 0.480 e. The van der Waals surface area contributed by atoms with Crippen molar-refractivity contribution in [3.63, 3.8) is 0 Å². The van der Waals surface area contributed by atoms with Gasteiger partial charge in [-0.1, -0.05) is 44.2 Å². The van der Waals surface area contributed by atoms with Crippen LogP contribution in [0, 0.1) is 5.92 Å². The molecule has 1 aromatic rings. The molecule has 1 unspecified atom stereocenters. The van der Waals surface area contributed by atoms with Gasteiger partial charge in [0.05, 0.1) is 0 Å². The molecule has 3 N–H and O–H groups in total. The first-order valence-corrected chi connectivity index (χ1v) is 6.18. The van der Waals surface area contributed by atoms with E-state index in [2.05, 4.69) is 5.32 Å². The molecule has 0 saturated heterocycles. The molecule has 19 heavy (non-hydrogen) atoms. The van der Waals surface area contributed by atoms with E-state index in [1.807, 2.05) is 13.8 Å². The Kier molecular flexibility index (Phi) is 5.51. The van der Waals surface area contributed by atoms with Gasteiger partial charge in [-0.3, -0.25) is 4.79 Å². The van der Waals surface area contributed by atoms with E-state index in [-0.39, 0.29) is 5.92 Å². The molecule has 0 heterocycles. The van der Waals surface area contributed by atoms with Gasteiger partial charge in [-0.15, -0.1) is 0 Å². The monoisotopic (exact) mass is 265 g/mol. The lowest BCUT2D eigenvalue weighted by molar-refractivity contribution is -0.144. The van der Waals surface area contributed by atoms with Gasteiger partial charge in [-0.25, -0.2) is 4.79 Å². The van der Waals surface area contributed by atoms with Gasteiger partial charge in [-0.05, 0) is 17.9 Å². The number of carbonyl (C=O) groups is 2. The predicted molar refractivity (Wildman–Crippen MR) is 70.4 cm³/mol. The van der Waals surface area contributed by atoms with E-state index in [0.717, 1.165) is 0 Å². The molecule has 0 saturated carbocycles. The molecular weight excluding hydrogens is 246 g/mol. The van der Waals surface area contributed by atoms with Gasteiger partial charge in [-0.2, -0.15) is 0 Å². The number of carbonyl (C=O) groups excluding carboxylic acids is 1. The smallest absolute Gasteiger partial charge is 0.326 e. The van der Waals surface area contributed by atoms with Gasteiger partial charge in [0.1, 0.15) is 6.04 Å². The first kappa shape index (κ1) is 15.2. The van der Waals surface area contributed by atoms with E-state index >= 15 is 0 Å². The number of aliphatic carboxylic acids is 1. The molecule has 0 aliphatic carbocycles. The number of carboxylic acids is 1. The van der Waals surface area contributed by atoms with Gasteiger partial charge < -0.3 is 15.5 Å². The molecular formula is C14H19NO4. The first-order chi connectivity index (χ1) is 8.91. The Bertz CT molecular complexity index is 430. The molecule has 5 heteroatoms. The van der Waals surface area contributed by atoms with Crippen molar-refractivity contribution in [1.29, 1.82) is 0 Å². The van der Waals surface area contributed by atoms with Crippen LogP contribution in [0.5, 0.6) is 0 Å². The van der Waals surface area contributed by atoms with E-state index in [9.17, 15) is 14.7 Å². The second kappa shape index (κ2) is 6.89. The fourth-order valence-corrected chi connectivity index (χ4v) is 1.73. The van der Waals surface area contributed by atoms with Crippen molar-refractivity contribution in [3.8, 4) is 0 Å². The average molecular weight is 265 g/mol. The van der Waals surface area contributed by atoms with Crippen molar-refractivity contribution in [2.24, 2.45) is 5.92 Å². The molecule has 0 fully saturated rings. The van der Waals surface area contributed by atoms with Crippen LogP contribution in [0.3, 0.4) is 0 Å². The molecule has 104 valence electrons.